The van der Waals surface area contributed by atoms with Crippen molar-refractivity contribution in [1.29, 1.82) is 5.26 Å². The number of hydrogen-bond donors (Lipinski definition) is 0. The Bertz CT molecular complexity index is 687. The first-order valence-electron chi connectivity index (χ1n) is 7.56. The molecule has 0 bridgehead atoms. The standard InChI is InChI=1S/C17H20N4O/c1-13-12-22-9-8-20(13)11-17-16(10-18)14(2)19-21(17)15-6-4-3-5-7-15/h3-7,13H,8-9,11-12H2,1-2H3/t13-/m1/s1. The molecule has 1 aromatic heterocycles. The van der Waals surface area contributed by atoms with Crippen molar-refractivity contribution in [3.8, 4) is 11.8 Å². The minimum absolute atomic E-state index is 0.347. The van der Waals surface area contributed by atoms with Gasteiger partial charge in [-0.3, -0.25) is 4.90 Å². The summed E-state index contributed by atoms with van der Waals surface area (Å²) in [6.07, 6.45) is 0. The van der Waals surface area contributed by atoms with E-state index in [4.69, 9.17) is 4.74 Å². The molecule has 0 unspecified atom stereocenters. The number of para-hydroxylation sites is 1. The second-order valence-electron chi connectivity index (χ2n) is 5.66. The second-order valence-corrected chi connectivity index (χ2v) is 5.66. The molecule has 2 heterocycles. The van der Waals surface area contributed by atoms with Gasteiger partial charge in [-0.15, -0.1) is 0 Å². The summed E-state index contributed by atoms with van der Waals surface area (Å²) in [5.41, 5.74) is 3.41. The molecule has 1 aliphatic rings. The van der Waals surface area contributed by atoms with Crippen molar-refractivity contribution in [3.63, 3.8) is 0 Å². The molecule has 0 N–H and O–H groups in total. The van der Waals surface area contributed by atoms with E-state index in [1.54, 1.807) is 0 Å². The van der Waals surface area contributed by atoms with Crippen LogP contribution in [0.1, 0.15) is 23.9 Å². The van der Waals surface area contributed by atoms with Crippen LogP contribution >= 0.6 is 0 Å². The quantitative estimate of drug-likeness (QED) is 0.872. The van der Waals surface area contributed by atoms with E-state index in [0.29, 0.717) is 18.2 Å². The van der Waals surface area contributed by atoms with Crippen LogP contribution in [0.15, 0.2) is 30.3 Å². The van der Waals surface area contributed by atoms with E-state index >= 15 is 0 Å². The van der Waals surface area contributed by atoms with Crippen LogP contribution in [0.25, 0.3) is 5.69 Å². The normalized spacial score (nSPS) is 19.0. The van der Waals surface area contributed by atoms with Gasteiger partial charge in [0, 0.05) is 19.1 Å². The molecule has 0 saturated carbocycles. The van der Waals surface area contributed by atoms with Crippen LogP contribution in [-0.4, -0.2) is 40.5 Å². The molecule has 1 aliphatic heterocycles. The number of nitriles is 1. The molecule has 2 aromatic rings. The molecule has 5 heteroatoms. The predicted molar refractivity (Wildman–Crippen MR) is 83.7 cm³/mol. The molecule has 1 saturated heterocycles. The summed E-state index contributed by atoms with van der Waals surface area (Å²) < 4.78 is 7.40. The van der Waals surface area contributed by atoms with Crippen molar-refractivity contribution in [2.24, 2.45) is 0 Å². The van der Waals surface area contributed by atoms with Gasteiger partial charge in [-0.1, -0.05) is 18.2 Å². The average molecular weight is 296 g/mol. The highest BCUT2D eigenvalue weighted by atomic mass is 16.5. The van der Waals surface area contributed by atoms with Crippen LogP contribution in [-0.2, 0) is 11.3 Å². The molecular weight excluding hydrogens is 276 g/mol. The van der Waals surface area contributed by atoms with Gasteiger partial charge in [0.1, 0.15) is 6.07 Å². The van der Waals surface area contributed by atoms with E-state index in [2.05, 4.69) is 23.0 Å². The molecule has 1 aromatic carbocycles. The molecule has 0 amide bonds. The first-order valence-corrected chi connectivity index (χ1v) is 7.56. The number of benzene rings is 1. The molecule has 114 valence electrons. The largest absolute Gasteiger partial charge is 0.379 e. The lowest BCUT2D eigenvalue weighted by Crippen LogP contribution is -2.43. The van der Waals surface area contributed by atoms with Gasteiger partial charge in [0.15, 0.2) is 0 Å². The predicted octanol–water partition coefficient (Wildman–Crippen LogP) is 2.27. The molecule has 1 atom stereocenters. The van der Waals surface area contributed by atoms with Crippen molar-refractivity contribution in [3.05, 3.63) is 47.3 Å². The monoisotopic (exact) mass is 296 g/mol. The third kappa shape index (κ3) is 2.76. The lowest BCUT2D eigenvalue weighted by Gasteiger charge is -2.33. The Morgan fingerprint density at radius 2 is 2.14 bits per heavy atom. The SMILES string of the molecule is Cc1nn(-c2ccccc2)c(CN2CCOC[C@H]2C)c1C#N. The number of hydrogen-bond acceptors (Lipinski definition) is 4. The van der Waals surface area contributed by atoms with Crippen LogP contribution in [0.2, 0.25) is 0 Å². The van der Waals surface area contributed by atoms with Crippen molar-refractivity contribution in [1.82, 2.24) is 14.7 Å². The van der Waals surface area contributed by atoms with Gasteiger partial charge in [-0.25, -0.2) is 4.68 Å². The Kier molecular flexibility index (Phi) is 4.23. The van der Waals surface area contributed by atoms with Crippen LogP contribution in [0.3, 0.4) is 0 Å². The summed E-state index contributed by atoms with van der Waals surface area (Å²) in [4.78, 5) is 2.35. The van der Waals surface area contributed by atoms with Gasteiger partial charge < -0.3 is 4.74 Å². The molecule has 0 radical (unpaired) electrons. The molecule has 1 fully saturated rings. The third-order valence-corrected chi connectivity index (χ3v) is 4.13. The van der Waals surface area contributed by atoms with E-state index in [0.717, 1.165) is 36.8 Å². The Labute approximate surface area is 130 Å². The Balaban J connectivity index is 2.00. The fourth-order valence-electron chi connectivity index (χ4n) is 2.84. The van der Waals surface area contributed by atoms with Gasteiger partial charge in [0.05, 0.1) is 35.9 Å². The smallest absolute Gasteiger partial charge is 0.103 e. The zero-order valence-corrected chi connectivity index (χ0v) is 13.0. The maximum atomic E-state index is 9.51. The number of rotatable bonds is 3. The molecule has 5 nitrogen and oxygen atoms in total. The van der Waals surface area contributed by atoms with E-state index in [-0.39, 0.29) is 0 Å². The lowest BCUT2D eigenvalue weighted by atomic mass is 10.1. The van der Waals surface area contributed by atoms with Gasteiger partial charge in [0.25, 0.3) is 0 Å². The summed E-state index contributed by atoms with van der Waals surface area (Å²) in [5.74, 6) is 0. The van der Waals surface area contributed by atoms with Crippen LogP contribution < -0.4 is 0 Å². The summed E-state index contributed by atoms with van der Waals surface area (Å²) in [5, 5.41) is 14.1. The Morgan fingerprint density at radius 1 is 1.36 bits per heavy atom. The number of ether oxygens (including phenoxy) is 1. The van der Waals surface area contributed by atoms with Crippen molar-refractivity contribution in [2.45, 2.75) is 26.4 Å². The van der Waals surface area contributed by atoms with Crippen LogP contribution in [0, 0.1) is 18.3 Å². The first kappa shape index (κ1) is 14.8. The lowest BCUT2D eigenvalue weighted by molar-refractivity contribution is -0.00523. The molecular formula is C17H20N4O. The van der Waals surface area contributed by atoms with Gasteiger partial charge >= 0.3 is 0 Å². The second kappa shape index (κ2) is 6.30. The molecule has 0 spiro atoms. The Morgan fingerprint density at radius 3 is 2.82 bits per heavy atom. The Hall–Kier alpha value is -2.16. The highest BCUT2D eigenvalue weighted by Gasteiger charge is 2.24. The number of nitrogens with zero attached hydrogens (tertiary/aromatic N) is 4. The topological polar surface area (TPSA) is 54.1 Å². The molecule has 22 heavy (non-hydrogen) atoms. The average Bonchev–Trinajstić information content (AvgIpc) is 2.86. The zero-order chi connectivity index (χ0) is 15.5. The summed E-state index contributed by atoms with van der Waals surface area (Å²) in [7, 11) is 0. The maximum Gasteiger partial charge on any atom is 0.103 e. The van der Waals surface area contributed by atoms with E-state index in [9.17, 15) is 5.26 Å². The summed E-state index contributed by atoms with van der Waals surface area (Å²) in [6, 6.07) is 12.6. The fraction of sp³-hybridized carbons (Fsp3) is 0.412. The molecule has 3 rings (SSSR count). The third-order valence-electron chi connectivity index (χ3n) is 4.13. The van der Waals surface area contributed by atoms with Crippen LogP contribution in [0.4, 0.5) is 0 Å². The number of aromatic nitrogens is 2. The van der Waals surface area contributed by atoms with E-state index < -0.39 is 0 Å². The van der Waals surface area contributed by atoms with Crippen LogP contribution in [0.5, 0.6) is 0 Å². The minimum atomic E-state index is 0.347. The summed E-state index contributed by atoms with van der Waals surface area (Å²) >= 11 is 0. The van der Waals surface area contributed by atoms with Gasteiger partial charge in [-0.05, 0) is 26.0 Å². The van der Waals surface area contributed by atoms with Crippen molar-refractivity contribution >= 4 is 0 Å². The molecule has 0 aliphatic carbocycles. The van der Waals surface area contributed by atoms with E-state index in [1.165, 1.54) is 0 Å². The zero-order valence-electron chi connectivity index (χ0n) is 13.0. The highest BCUT2D eigenvalue weighted by Crippen LogP contribution is 2.21. The van der Waals surface area contributed by atoms with E-state index in [1.807, 2.05) is 41.9 Å². The highest BCUT2D eigenvalue weighted by molar-refractivity contribution is 5.43. The number of aryl methyl sites for hydroxylation is 1. The summed E-state index contributed by atoms with van der Waals surface area (Å²) in [6.45, 7) is 7.12. The van der Waals surface area contributed by atoms with Gasteiger partial charge in [0.2, 0.25) is 0 Å². The van der Waals surface area contributed by atoms with Crippen molar-refractivity contribution in [2.75, 3.05) is 19.8 Å². The van der Waals surface area contributed by atoms with Crippen molar-refractivity contribution < 1.29 is 4.74 Å². The first-order chi connectivity index (χ1) is 10.7. The van der Waals surface area contributed by atoms with Gasteiger partial charge in [-0.2, -0.15) is 10.4 Å². The maximum absolute atomic E-state index is 9.51. The minimum Gasteiger partial charge on any atom is -0.379 e. The fourth-order valence-corrected chi connectivity index (χ4v) is 2.84. The number of morpholine rings is 1.